The van der Waals surface area contributed by atoms with E-state index in [0.717, 1.165) is 0 Å². The zero-order valence-electron chi connectivity index (χ0n) is 12.9. The van der Waals surface area contributed by atoms with Crippen LogP contribution in [0.5, 0.6) is 0 Å². The first-order chi connectivity index (χ1) is 10.8. The number of ether oxygens (including phenoxy) is 1. The fraction of sp³-hybridized carbons (Fsp3) is 0.286. The van der Waals surface area contributed by atoms with E-state index in [1.54, 1.807) is 20.2 Å². The summed E-state index contributed by atoms with van der Waals surface area (Å²) in [5.74, 6) is -1.01. The number of aryl methyl sites for hydroxylation is 2. The van der Waals surface area contributed by atoms with Crippen LogP contribution in [0, 0.1) is 10.1 Å². The SMILES string of the molecule is CCOC(=O)c1cc(NC(=O)c2cc([N+](=O)[O-])cn2C)cn1C. The smallest absolute Gasteiger partial charge is 0.355 e. The lowest BCUT2D eigenvalue weighted by molar-refractivity contribution is -0.384. The minimum absolute atomic E-state index is 0.137. The number of hydrogen-bond acceptors (Lipinski definition) is 5. The molecule has 2 rings (SSSR count). The van der Waals surface area contributed by atoms with Gasteiger partial charge in [-0.15, -0.1) is 0 Å². The van der Waals surface area contributed by atoms with Crippen LogP contribution in [0.25, 0.3) is 0 Å². The van der Waals surface area contributed by atoms with Gasteiger partial charge in [-0.25, -0.2) is 4.79 Å². The molecule has 2 aromatic rings. The van der Waals surface area contributed by atoms with Gasteiger partial charge in [0.25, 0.3) is 11.6 Å². The maximum absolute atomic E-state index is 12.2. The van der Waals surface area contributed by atoms with E-state index in [1.165, 1.54) is 34.5 Å². The zero-order valence-corrected chi connectivity index (χ0v) is 12.9. The molecule has 0 radical (unpaired) electrons. The number of carbonyl (C=O) groups excluding carboxylic acids is 2. The maximum Gasteiger partial charge on any atom is 0.355 e. The van der Waals surface area contributed by atoms with E-state index in [9.17, 15) is 19.7 Å². The van der Waals surface area contributed by atoms with Gasteiger partial charge in [0.2, 0.25) is 0 Å². The fourth-order valence-electron chi connectivity index (χ4n) is 2.11. The highest BCUT2D eigenvalue weighted by molar-refractivity contribution is 6.04. The first-order valence-corrected chi connectivity index (χ1v) is 6.79. The molecule has 0 aliphatic rings. The van der Waals surface area contributed by atoms with Crippen LogP contribution in [0.2, 0.25) is 0 Å². The van der Waals surface area contributed by atoms with Crippen LogP contribution >= 0.6 is 0 Å². The molecule has 0 aliphatic carbocycles. The Bertz CT molecular complexity index is 774. The van der Waals surface area contributed by atoms with Gasteiger partial charge >= 0.3 is 5.97 Å². The largest absolute Gasteiger partial charge is 0.461 e. The van der Waals surface area contributed by atoms with Crippen LogP contribution in [0.4, 0.5) is 11.4 Å². The summed E-state index contributed by atoms with van der Waals surface area (Å²) in [5.41, 5.74) is 0.653. The lowest BCUT2D eigenvalue weighted by atomic mass is 10.3. The second-order valence-electron chi connectivity index (χ2n) is 4.85. The molecule has 0 saturated heterocycles. The average molecular weight is 320 g/mol. The first-order valence-electron chi connectivity index (χ1n) is 6.79. The van der Waals surface area contributed by atoms with Crippen molar-refractivity contribution in [3.8, 4) is 0 Å². The molecule has 1 N–H and O–H groups in total. The Labute approximate surface area is 131 Å². The summed E-state index contributed by atoms with van der Waals surface area (Å²) in [4.78, 5) is 34.1. The summed E-state index contributed by atoms with van der Waals surface area (Å²) in [5, 5.41) is 13.3. The minimum Gasteiger partial charge on any atom is -0.461 e. The normalized spacial score (nSPS) is 10.4. The van der Waals surface area contributed by atoms with E-state index in [0.29, 0.717) is 11.4 Å². The van der Waals surface area contributed by atoms with Crippen LogP contribution in [0.3, 0.4) is 0 Å². The molecule has 2 heterocycles. The summed E-state index contributed by atoms with van der Waals surface area (Å²) in [7, 11) is 3.19. The van der Waals surface area contributed by atoms with Gasteiger partial charge in [-0.1, -0.05) is 0 Å². The molecule has 0 unspecified atom stereocenters. The van der Waals surface area contributed by atoms with Gasteiger partial charge < -0.3 is 19.2 Å². The van der Waals surface area contributed by atoms with Gasteiger partial charge in [0.05, 0.1) is 23.4 Å². The van der Waals surface area contributed by atoms with Gasteiger partial charge in [-0.3, -0.25) is 14.9 Å². The van der Waals surface area contributed by atoms with Crippen molar-refractivity contribution in [2.45, 2.75) is 6.92 Å². The number of anilines is 1. The Morgan fingerprint density at radius 2 is 1.87 bits per heavy atom. The van der Waals surface area contributed by atoms with Crippen molar-refractivity contribution >= 4 is 23.3 Å². The van der Waals surface area contributed by atoms with Crippen molar-refractivity contribution in [3.63, 3.8) is 0 Å². The van der Waals surface area contributed by atoms with Crippen molar-refractivity contribution in [2.24, 2.45) is 14.1 Å². The number of aromatic nitrogens is 2. The molecule has 0 bridgehead atoms. The quantitative estimate of drug-likeness (QED) is 0.512. The summed E-state index contributed by atoms with van der Waals surface area (Å²) < 4.78 is 7.80. The zero-order chi connectivity index (χ0) is 17.1. The Morgan fingerprint density at radius 3 is 2.43 bits per heavy atom. The number of nitro groups is 1. The number of hydrogen-bond donors (Lipinski definition) is 1. The fourth-order valence-corrected chi connectivity index (χ4v) is 2.11. The van der Waals surface area contributed by atoms with Crippen LogP contribution in [0.1, 0.15) is 27.9 Å². The van der Waals surface area contributed by atoms with Gasteiger partial charge in [-0.2, -0.15) is 0 Å². The summed E-state index contributed by atoms with van der Waals surface area (Å²) >= 11 is 0. The van der Waals surface area contributed by atoms with Gasteiger partial charge in [0.15, 0.2) is 0 Å². The predicted molar refractivity (Wildman–Crippen MR) is 81.4 cm³/mol. The molecular weight excluding hydrogens is 304 g/mol. The molecule has 122 valence electrons. The molecule has 0 saturated carbocycles. The molecule has 23 heavy (non-hydrogen) atoms. The average Bonchev–Trinajstić information content (AvgIpc) is 3.02. The molecule has 0 atom stereocenters. The van der Waals surface area contributed by atoms with E-state index >= 15 is 0 Å². The molecular formula is C14H16N4O5. The predicted octanol–water partition coefficient (Wildman–Crippen LogP) is 1.70. The van der Waals surface area contributed by atoms with Crippen LogP contribution in [-0.2, 0) is 18.8 Å². The number of nitrogens with zero attached hydrogens (tertiary/aromatic N) is 3. The topological polar surface area (TPSA) is 108 Å². The van der Waals surface area contributed by atoms with Crippen molar-refractivity contribution in [1.29, 1.82) is 0 Å². The second-order valence-corrected chi connectivity index (χ2v) is 4.85. The third kappa shape index (κ3) is 3.39. The molecule has 2 aromatic heterocycles. The van der Waals surface area contributed by atoms with Gasteiger partial charge in [0, 0.05) is 26.4 Å². The maximum atomic E-state index is 12.2. The molecule has 0 aliphatic heterocycles. The van der Waals surface area contributed by atoms with Crippen LogP contribution in [-0.4, -0.2) is 32.5 Å². The third-order valence-electron chi connectivity index (χ3n) is 3.18. The Hall–Kier alpha value is -3.10. The van der Waals surface area contributed by atoms with Crippen molar-refractivity contribution in [3.05, 3.63) is 46.0 Å². The van der Waals surface area contributed by atoms with Gasteiger partial charge in [0.1, 0.15) is 11.4 Å². The molecule has 9 nitrogen and oxygen atoms in total. The number of nitrogens with one attached hydrogen (secondary N) is 1. The van der Waals surface area contributed by atoms with E-state index in [1.807, 2.05) is 0 Å². The monoisotopic (exact) mass is 320 g/mol. The highest BCUT2D eigenvalue weighted by Gasteiger charge is 2.19. The van der Waals surface area contributed by atoms with E-state index in [-0.39, 0.29) is 18.0 Å². The number of amides is 1. The van der Waals surface area contributed by atoms with E-state index in [4.69, 9.17) is 4.74 Å². The van der Waals surface area contributed by atoms with Crippen molar-refractivity contribution < 1.29 is 19.2 Å². The number of rotatable bonds is 5. The van der Waals surface area contributed by atoms with E-state index < -0.39 is 16.8 Å². The third-order valence-corrected chi connectivity index (χ3v) is 3.18. The number of carbonyl (C=O) groups is 2. The van der Waals surface area contributed by atoms with Crippen molar-refractivity contribution in [2.75, 3.05) is 11.9 Å². The molecule has 0 aromatic carbocycles. The highest BCUT2D eigenvalue weighted by atomic mass is 16.6. The summed E-state index contributed by atoms with van der Waals surface area (Å²) in [6.45, 7) is 1.95. The standard InChI is InChI=1S/C14H16N4O5/c1-4-23-14(20)12-5-9(7-16(12)2)15-13(19)11-6-10(18(21)22)8-17(11)3/h5-8H,4H2,1-3H3,(H,15,19). The van der Waals surface area contributed by atoms with Crippen molar-refractivity contribution in [1.82, 2.24) is 9.13 Å². The first kappa shape index (κ1) is 16.3. The molecule has 0 fully saturated rings. The molecule has 0 spiro atoms. The van der Waals surface area contributed by atoms with Crippen LogP contribution in [0.15, 0.2) is 24.5 Å². The lowest BCUT2D eigenvalue weighted by Crippen LogP contribution is -2.14. The second kappa shape index (κ2) is 6.34. The number of esters is 1. The summed E-state index contributed by atoms with van der Waals surface area (Å²) in [6, 6.07) is 2.66. The molecule has 9 heteroatoms. The van der Waals surface area contributed by atoms with E-state index in [2.05, 4.69) is 5.32 Å². The Kier molecular flexibility index (Phi) is 4.49. The van der Waals surface area contributed by atoms with Crippen LogP contribution < -0.4 is 5.32 Å². The lowest BCUT2D eigenvalue weighted by Gasteiger charge is -2.02. The highest BCUT2D eigenvalue weighted by Crippen LogP contribution is 2.18. The Morgan fingerprint density at radius 1 is 1.22 bits per heavy atom. The Balaban J connectivity index is 2.19. The molecule has 1 amide bonds. The summed E-state index contributed by atoms with van der Waals surface area (Å²) in [6.07, 6.45) is 2.81. The minimum atomic E-state index is -0.571. The van der Waals surface area contributed by atoms with Gasteiger partial charge in [-0.05, 0) is 13.0 Å².